The number of nitrogens with zero attached hydrogens (tertiary/aromatic N) is 4. The van der Waals surface area contributed by atoms with Crippen LogP contribution in [-0.4, -0.2) is 71.7 Å². The van der Waals surface area contributed by atoms with Crippen molar-refractivity contribution in [1.29, 1.82) is 0 Å². The predicted molar refractivity (Wildman–Crippen MR) is 101 cm³/mol. The molecule has 0 unspecified atom stereocenters. The normalized spacial score (nSPS) is 16.2. The molecule has 0 bridgehead atoms. The first-order valence-electron chi connectivity index (χ1n) is 9.27. The van der Waals surface area contributed by atoms with Gasteiger partial charge in [-0.3, -0.25) is 9.36 Å². The number of amides is 1. The molecule has 1 amide bonds. The van der Waals surface area contributed by atoms with Crippen molar-refractivity contribution in [1.82, 2.24) is 24.8 Å². The SMILES string of the molecule is Cc1cc(-n2c(C)cc(C(=O)NCCCN3CCN(C)CC3)c2C)no1. The minimum Gasteiger partial charge on any atom is -0.360 e. The monoisotopic (exact) mass is 359 g/mol. The summed E-state index contributed by atoms with van der Waals surface area (Å²) in [6, 6.07) is 3.78. The van der Waals surface area contributed by atoms with Crippen LogP contribution in [0, 0.1) is 20.8 Å². The molecule has 7 nitrogen and oxygen atoms in total. The van der Waals surface area contributed by atoms with E-state index in [4.69, 9.17) is 4.52 Å². The number of piperazine rings is 1. The van der Waals surface area contributed by atoms with Gasteiger partial charge in [-0.15, -0.1) is 0 Å². The number of aryl methyl sites for hydroxylation is 2. The molecule has 0 saturated carbocycles. The molecule has 2 aromatic rings. The molecule has 0 atom stereocenters. The highest BCUT2D eigenvalue weighted by Gasteiger charge is 2.18. The van der Waals surface area contributed by atoms with Gasteiger partial charge < -0.3 is 19.6 Å². The Hall–Kier alpha value is -2.12. The standard InChI is InChI=1S/C19H29N5O2/c1-14-12-17(16(3)24(14)18-13-15(2)26-21-18)19(25)20-6-5-7-23-10-8-22(4)9-11-23/h12-13H,5-11H2,1-4H3,(H,20,25). The highest BCUT2D eigenvalue weighted by molar-refractivity contribution is 5.95. The van der Waals surface area contributed by atoms with Crippen LogP contribution in [0.4, 0.5) is 0 Å². The fourth-order valence-electron chi connectivity index (χ4n) is 3.48. The van der Waals surface area contributed by atoms with E-state index in [9.17, 15) is 4.79 Å². The van der Waals surface area contributed by atoms with Crippen LogP contribution in [0.1, 0.15) is 33.9 Å². The number of rotatable bonds is 6. The van der Waals surface area contributed by atoms with Crippen molar-refractivity contribution in [3.8, 4) is 5.82 Å². The number of hydrogen-bond donors (Lipinski definition) is 1. The molecule has 0 radical (unpaired) electrons. The third-order valence-corrected chi connectivity index (χ3v) is 5.05. The zero-order chi connectivity index (χ0) is 18.7. The molecule has 26 heavy (non-hydrogen) atoms. The van der Waals surface area contributed by atoms with Gasteiger partial charge in [0.25, 0.3) is 5.91 Å². The maximum absolute atomic E-state index is 12.6. The molecule has 1 aliphatic heterocycles. The molecular formula is C19H29N5O2. The zero-order valence-corrected chi connectivity index (χ0v) is 16.2. The minimum absolute atomic E-state index is 0.0251. The van der Waals surface area contributed by atoms with E-state index in [1.54, 1.807) is 0 Å². The van der Waals surface area contributed by atoms with E-state index in [0.29, 0.717) is 17.9 Å². The van der Waals surface area contributed by atoms with Gasteiger partial charge in [-0.05, 0) is 46.9 Å². The Bertz CT molecular complexity index is 756. The van der Waals surface area contributed by atoms with Crippen LogP contribution in [0.2, 0.25) is 0 Å². The van der Waals surface area contributed by atoms with E-state index in [2.05, 4.69) is 27.3 Å². The Balaban J connectivity index is 1.54. The van der Waals surface area contributed by atoms with Crippen molar-refractivity contribution in [2.45, 2.75) is 27.2 Å². The molecule has 0 spiro atoms. The summed E-state index contributed by atoms with van der Waals surface area (Å²) in [4.78, 5) is 17.4. The topological polar surface area (TPSA) is 66.5 Å². The Morgan fingerprint density at radius 2 is 1.92 bits per heavy atom. The van der Waals surface area contributed by atoms with E-state index in [0.717, 1.165) is 56.3 Å². The fraction of sp³-hybridized carbons (Fsp3) is 0.579. The van der Waals surface area contributed by atoms with Crippen LogP contribution in [0.25, 0.3) is 5.82 Å². The lowest BCUT2D eigenvalue weighted by Crippen LogP contribution is -2.45. The maximum atomic E-state index is 12.6. The average Bonchev–Trinajstić information content (AvgIpc) is 3.16. The number of aromatic nitrogens is 2. The van der Waals surface area contributed by atoms with Crippen LogP contribution in [0.3, 0.4) is 0 Å². The van der Waals surface area contributed by atoms with Crippen molar-refractivity contribution in [2.75, 3.05) is 46.3 Å². The van der Waals surface area contributed by atoms with E-state index in [-0.39, 0.29) is 5.91 Å². The molecule has 1 fully saturated rings. The van der Waals surface area contributed by atoms with Gasteiger partial charge in [-0.2, -0.15) is 0 Å². The summed E-state index contributed by atoms with van der Waals surface area (Å²) in [5.41, 5.74) is 2.55. The second-order valence-electron chi connectivity index (χ2n) is 7.17. The Morgan fingerprint density at radius 3 is 2.58 bits per heavy atom. The van der Waals surface area contributed by atoms with Crippen molar-refractivity contribution in [3.05, 3.63) is 34.8 Å². The Labute approximate surface area is 154 Å². The van der Waals surface area contributed by atoms with Crippen LogP contribution in [0.5, 0.6) is 0 Å². The molecule has 142 valence electrons. The first-order valence-corrected chi connectivity index (χ1v) is 9.27. The molecule has 3 rings (SSSR count). The van der Waals surface area contributed by atoms with Crippen LogP contribution in [-0.2, 0) is 0 Å². The molecule has 0 aromatic carbocycles. The number of carbonyl (C=O) groups excluding carboxylic acids is 1. The second-order valence-corrected chi connectivity index (χ2v) is 7.17. The molecule has 7 heteroatoms. The number of carbonyl (C=O) groups is 1. The zero-order valence-electron chi connectivity index (χ0n) is 16.2. The quantitative estimate of drug-likeness (QED) is 0.796. The summed E-state index contributed by atoms with van der Waals surface area (Å²) in [6.07, 6.45) is 0.969. The van der Waals surface area contributed by atoms with Crippen molar-refractivity contribution in [2.24, 2.45) is 0 Å². The van der Waals surface area contributed by atoms with Gasteiger partial charge in [0.1, 0.15) is 5.76 Å². The summed E-state index contributed by atoms with van der Waals surface area (Å²) in [6.45, 7) is 12.0. The highest BCUT2D eigenvalue weighted by Crippen LogP contribution is 2.20. The van der Waals surface area contributed by atoms with Crippen LogP contribution in [0.15, 0.2) is 16.7 Å². The lowest BCUT2D eigenvalue weighted by atomic mass is 10.2. The molecule has 1 aliphatic rings. The van der Waals surface area contributed by atoms with Gasteiger partial charge in [0.2, 0.25) is 0 Å². The van der Waals surface area contributed by atoms with Gasteiger partial charge in [0.05, 0.1) is 5.56 Å². The molecule has 1 saturated heterocycles. The van der Waals surface area contributed by atoms with Gasteiger partial charge in [-0.1, -0.05) is 5.16 Å². The van der Waals surface area contributed by atoms with E-state index >= 15 is 0 Å². The van der Waals surface area contributed by atoms with Crippen molar-refractivity contribution < 1.29 is 9.32 Å². The molecule has 1 N–H and O–H groups in total. The predicted octanol–water partition coefficient (Wildman–Crippen LogP) is 1.76. The third-order valence-electron chi connectivity index (χ3n) is 5.05. The fourth-order valence-corrected chi connectivity index (χ4v) is 3.48. The molecule has 0 aliphatic carbocycles. The van der Waals surface area contributed by atoms with Crippen molar-refractivity contribution in [3.63, 3.8) is 0 Å². The average molecular weight is 359 g/mol. The summed E-state index contributed by atoms with van der Waals surface area (Å²) in [7, 11) is 2.16. The molecule has 2 aromatic heterocycles. The third kappa shape index (κ3) is 4.16. The summed E-state index contributed by atoms with van der Waals surface area (Å²) in [5.74, 6) is 1.44. The summed E-state index contributed by atoms with van der Waals surface area (Å²) in [5, 5.41) is 7.11. The number of likely N-dealkylation sites (N-methyl/N-ethyl adjacent to an activating group) is 1. The summed E-state index contributed by atoms with van der Waals surface area (Å²) >= 11 is 0. The smallest absolute Gasteiger partial charge is 0.253 e. The number of nitrogens with one attached hydrogen (secondary N) is 1. The second kappa shape index (κ2) is 8.05. The Morgan fingerprint density at radius 1 is 1.19 bits per heavy atom. The highest BCUT2D eigenvalue weighted by atomic mass is 16.5. The van der Waals surface area contributed by atoms with Gasteiger partial charge in [0, 0.05) is 50.2 Å². The molecular weight excluding hydrogens is 330 g/mol. The van der Waals surface area contributed by atoms with E-state index in [1.807, 2.05) is 37.5 Å². The number of hydrogen-bond acceptors (Lipinski definition) is 5. The van der Waals surface area contributed by atoms with Crippen molar-refractivity contribution >= 4 is 5.91 Å². The first kappa shape index (κ1) is 18.7. The minimum atomic E-state index is -0.0251. The summed E-state index contributed by atoms with van der Waals surface area (Å²) < 4.78 is 7.12. The van der Waals surface area contributed by atoms with Gasteiger partial charge in [0.15, 0.2) is 5.82 Å². The lowest BCUT2D eigenvalue weighted by molar-refractivity contribution is 0.0949. The molecule has 3 heterocycles. The Kier molecular flexibility index (Phi) is 5.78. The van der Waals surface area contributed by atoms with Gasteiger partial charge in [-0.25, -0.2) is 0 Å². The van der Waals surface area contributed by atoms with E-state index in [1.165, 1.54) is 0 Å². The van der Waals surface area contributed by atoms with Gasteiger partial charge >= 0.3 is 0 Å². The van der Waals surface area contributed by atoms with E-state index < -0.39 is 0 Å². The van der Waals surface area contributed by atoms with Crippen LogP contribution >= 0.6 is 0 Å². The lowest BCUT2D eigenvalue weighted by Gasteiger charge is -2.32. The largest absolute Gasteiger partial charge is 0.360 e. The first-order chi connectivity index (χ1) is 12.5. The van der Waals surface area contributed by atoms with Crippen LogP contribution < -0.4 is 5.32 Å². The maximum Gasteiger partial charge on any atom is 0.253 e.